The predicted octanol–water partition coefficient (Wildman–Crippen LogP) is 5.31. The number of benzene rings is 2. The van der Waals surface area contributed by atoms with Crippen LogP contribution in [0.15, 0.2) is 41.3 Å². The molecule has 1 nitrogen and oxygen atoms in total. The van der Waals surface area contributed by atoms with E-state index in [9.17, 15) is 0 Å². The molecular weight excluding hydrogens is 276 g/mol. The molecule has 0 amide bonds. The van der Waals surface area contributed by atoms with Crippen LogP contribution in [0.25, 0.3) is 10.8 Å². The van der Waals surface area contributed by atoms with E-state index < -0.39 is 0 Å². The van der Waals surface area contributed by atoms with Crippen LogP contribution in [-0.2, 0) is 11.3 Å². The zero-order valence-corrected chi connectivity index (χ0v) is 13.9. The highest BCUT2D eigenvalue weighted by molar-refractivity contribution is 8.17. The van der Waals surface area contributed by atoms with E-state index >= 15 is 0 Å². The minimum atomic E-state index is 0.0881. The molecule has 1 saturated heterocycles. The van der Waals surface area contributed by atoms with Crippen LogP contribution in [0, 0.1) is 0 Å². The molecule has 2 heteroatoms. The number of unbranched alkanes of at least 4 members (excludes halogenated alkanes) is 1. The van der Waals surface area contributed by atoms with Gasteiger partial charge in [0.25, 0.3) is 0 Å². The Bertz CT molecular complexity index is 587. The lowest BCUT2D eigenvalue weighted by molar-refractivity contribution is 0.119. The van der Waals surface area contributed by atoms with Crippen LogP contribution in [0.5, 0.6) is 0 Å². The van der Waals surface area contributed by atoms with Gasteiger partial charge in [-0.15, -0.1) is 0 Å². The maximum absolute atomic E-state index is 5.84. The van der Waals surface area contributed by atoms with Crippen LogP contribution in [0.2, 0.25) is 0 Å². The molecule has 0 N–H and O–H groups in total. The molecule has 0 aliphatic carbocycles. The lowest BCUT2D eigenvalue weighted by atomic mass is 10.1. The third-order valence-corrected chi connectivity index (χ3v) is 7.12. The Balaban J connectivity index is 1.87. The van der Waals surface area contributed by atoms with Crippen LogP contribution < -0.4 is 0 Å². The fourth-order valence-electron chi connectivity index (χ4n) is 3.13. The van der Waals surface area contributed by atoms with E-state index in [1.165, 1.54) is 47.1 Å². The number of thiol groups is 1. The summed E-state index contributed by atoms with van der Waals surface area (Å²) in [7, 11) is 0.0881. The van der Waals surface area contributed by atoms with E-state index in [2.05, 4.69) is 43.3 Å². The van der Waals surface area contributed by atoms with Gasteiger partial charge >= 0.3 is 0 Å². The molecule has 1 heterocycles. The topological polar surface area (TPSA) is 9.23 Å². The number of fused-ring (bicyclic) bond motifs is 1. The lowest BCUT2D eigenvalue weighted by Crippen LogP contribution is -1.97. The number of ether oxygens (including phenoxy) is 1. The Kier molecular flexibility index (Phi) is 5.21. The summed E-state index contributed by atoms with van der Waals surface area (Å²) in [6.07, 6.45) is 5.19. The second-order valence-corrected chi connectivity index (χ2v) is 8.35. The largest absolute Gasteiger partial charge is 0.377 e. The average Bonchev–Trinajstić information content (AvgIpc) is 3.05. The summed E-state index contributed by atoms with van der Waals surface area (Å²) in [4.78, 5) is 1.62. The van der Waals surface area contributed by atoms with Gasteiger partial charge < -0.3 is 4.74 Å². The molecule has 114 valence electrons. The third-order valence-electron chi connectivity index (χ3n) is 4.34. The Morgan fingerprint density at radius 1 is 1.00 bits per heavy atom. The average molecular weight is 302 g/mol. The van der Waals surface area contributed by atoms with Gasteiger partial charge in [0.15, 0.2) is 0 Å². The van der Waals surface area contributed by atoms with Crippen molar-refractivity contribution in [1.82, 2.24) is 0 Å². The molecular formula is C19H26OS. The smallest absolute Gasteiger partial charge is 0.0722 e. The Morgan fingerprint density at radius 3 is 2.52 bits per heavy atom. The van der Waals surface area contributed by atoms with E-state index in [1.807, 2.05) is 0 Å². The molecule has 1 aliphatic rings. The van der Waals surface area contributed by atoms with Gasteiger partial charge in [-0.2, -0.15) is 0 Å². The maximum atomic E-state index is 5.84. The standard InChI is InChI=1S/C19H26OS/c1-2-3-12-20-15-16-10-11-19(21-13-6-7-14-21)18-9-5-4-8-17(16)18/h4-5,8-11,21H,2-3,6-7,12-15H2,1H3. The molecule has 0 bridgehead atoms. The Morgan fingerprint density at radius 2 is 1.76 bits per heavy atom. The lowest BCUT2D eigenvalue weighted by Gasteiger charge is -2.19. The van der Waals surface area contributed by atoms with E-state index in [0.29, 0.717) is 0 Å². The van der Waals surface area contributed by atoms with Crippen molar-refractivity contribution in [3.05, 3.63) is 42.0 Å². The zero-order valence-electron chi connectivity index (χ0n) is 13.0. The second kappa shape index (κ2) is 7.33. The van der Waals surface area contributed by atoms with Gasteiger partial charge in [-0.3, -0.25) is 0 Å². The molecule has 1 aliphatic heterocycles. The molecule has 0 unspecified atom stereocenters. The molecule has 1 fully saturated rings. The molecule has 0 spiro atoms. The summed E-state index contributed by atoms with van der Waals surface area (Å²) < 4.78 is 5.84. The zero-order chi connectivity index (χ0) is 14.5. The summed E-state index contributed by atoms with van der Waals surface area (Å²) >= 11 is 0. The van der Waals surface area contributed by atoms with Crippen molar-refractivity contribution in [3.63, 3.8) is 0 Å². The normalized spacial score (nSPS) is 16.7. The fourth-order valence-corrected chi connectivity index (χ4v) is 5.87. The maximum Gasteiger partial charge on any atom is 0.0722 e. The minimum absolute atomic E-state index is 0.0881. The van der Waals surface area contributed by atoms with Crippen molar-refractivity contribution < 1.29 is 4.74 Å². The SMILES string of the molecule is CCCCOCc1ccc([SH]2CCCC2)c2ccccc12. The second-order valence-electron chi connectivity index (χ2n) is 5.89. The summed E-state index contributed by atoms with van der Waals surface area (Å²) in [5.41, 5.74) is 1.35. The molecule has 0 saturated carbocycles. The quantitative estimate of drug-likeness (QED) is 0.562. The van der Waals surface area contributed by atoms with Gasteiger partial charge in [-0.1, -0.05) is 43.7 Å². The van der Waals surface area contributed by atoms with Gasteiger partial charge in [-0.05, 0) is 58.1 Å². The first-order chi connectivity index (χ1) is 10.4. The Hall–Kier alpha value is -0.990. The molecule has 21 heavy (non-hydrogen) atoms. The molecule has 2 aromatic carbocycles. The van der Waals surface area contributed by atoms with E-state index in [4.69, 9.17) is 4.74 Å². The summed E-state index contributed by atoms with van der Waals surface area (Å²) in [5, 5.41) is 2.88. The molecule has 2 aromatic rings. The van der Waals surface area contributed by atoms with Crippen molar-refractivity contribution in [2.75, 3.05) is 18.1 Å². The highest BCUT2D eigenvalue weighted by Gasteiger charge is 2.16. The molecule has 3 rings (SSSR count). The van der Waals surface area contributed by atoms with Gasteiger partial charge in [0.05, 0.1) is 6.61 Å². The van der Waals surface area contributed by atoms with Crippen LogP contribution in [-0.4, -0.2) is 18.1 Å². The van der Waals surface area contributed by atoms with Crippen molar-refractivity contribution in [2.45, 2.75) is 44.1 Å². The van der Waals surface area contributed by atoms with Gasteiger partial charge in [-0.25, -0.2) is 10.9 Å². The van der Waals surface area contributed by atoms with Crippen molar-refractivity contribution in [1.29, 1.82) is 0 Å². The third kappa shape index (κ3) is 3.44. The number of rotatable bonds is 6. The van der Waals surface area contributed by atoms with Crippen molar-refractivity contribution in [3.8, 4) is 0 Å². The first-order valence-corrected chi connectivity index (χ1v) is 9.94. The monoisotopic (exact) mass is 302 g/mol. The number of hydrogen-bond acceptors (Lipinski definition) is 1. The first kappa shape index (κ1) is 14.9. The van der Waals surface area contributed by atoms with Crippen LogP contribution in [0.3, 0.4) is 0 Å². The molecule has 0 radical (unpaired) electrons. The van der Waals surface area contributed by atoms with Gasteiger partial charge in [0.2, 0.25) is 0 Å². The van der Waals surface area contributed by atoms with E-state index in [1.54, 1.807) is 4.90 Å². The van der Waals surface area contributed by atoms with Crippen molar-refractivity contribution >= 4 is 21.7 Å². The molecule has 0 aromatic heterocycles. The molecule has 0 atom stereocenters. The van der Waals surface area contributed by atoms with Gasteiger partial charge in [0, 0.05) is 6.61 Å². The summed E-state index contributed by atoms with van der Waals surface area (Å²) in [6, 6.07) is 13.6. The van der Waals surface area contributed by atoms with Crippen LogP contribution >= 0.6 is 10.9 Å². The van der Waals surface area contributed by atoms with E-state index in [0.717, 1.165) is 19.6 Å². The van der Waals surface area contributed by atoms with Crippen LogP contribution in [0.1, 0.15) is 38.2 Å². The van der Waals surface area contributed by atoms with Crippen LogP contribution in [0.4, 0.5) is 0 Å². The fraction of sp³-hybridized carbons (Fsp3) is 0.474. The number of hydrogen-bond donors (Lipinski definition) is 1. The predicted molar refractivity (Wildman–Crippen MR) is 94.7 cm³/mol. The minimum Gasteiger partial charge on any atom is -0.377 e. The summed E-state index contributed by atoms with van der Waals surface area (Å²) in [5.74, 6) is 2.84. The highest BCUT2D eigenvalue weighted by Crippen LogP contribution is 2.46. The first-order valence-electron chi connectivity index (χ1n) is 8.23. The summed E-state index contributed by atoms with van der Waals surface area (Å²) in [6.45, 7) is 3.83. The Labute approximate surface area is 131 Å². The van der Waals surface area contributed by atoms with Gasteiger partial charge in [0.1, 0.15) is 0 Å². The van der Waals surface area contributed by atoms with E-state index in [-0.39, 0.29) is 10.9 Å². The highest BCUT2D eigenvalue weighted by atomic mass is 32.2. The van der Waals surface area contributed by atoms with Crippen molar-refractivity contribution in [2.24, 2.45) is 0 Å².